The largest absolute Gasteiger partial charge is 0.342 e. The quantitative estimate of drug-likeness (QED) is 0.599. The zero-order valence-corrected chi connectivity index (χ0v) is 12.3. The van der Waals surface area contributed by atoms with E-state index >= 15 is 0 Å². The average Bonchev–Trinajstić information content (AvgIpc) is 2.28. The molecule has 6 heteroatoms. The Morgan fingerprint density at radius 3 is 2.11 bits per heavy atom. The van der Waals surface area contributed by atoms with Crippen molar-refractivity contribution in [3.8, 4) is 0 Å². The first-order valence-corrected chi connectivity index (χ1v) is 8.47. The Labute approximate surface area is 111 Å². The average molecular weight is 278 g/mol. The molecule has 0 aliphatic carbocycles. The van der Waals surface area contributed by atoms with Crippen molar-refractivity contribution in [2.75, 3.05) is 31.1 Å². The monoisotopic (exact) mass is 278 g/mol. The molecule has 5 nitrogen and oxygen atoms in total. The highest BCUT2D eigenvalue weighted by Crippen LogP contribution is 2.02. The minimum absolute atomic E-state index is 0.0576. The number of amides is 1. The van der Waals surface area contributed by atoms with Gasteiger partial charge in [0.1, 0.15) is 5.75 Å². The van der Waals surface area contributed by atoms with Gasteiger partial charge in [0.15, 0.2) is 9.84 Å². The van der Waals surface area contributed by atoms with Crippen LogP contribution in [0, 0.1) is 0 Å². The maximum atomic E-state index is 11.9. The van der Waals surface area contributed by atoms with Crippen molar-refractivity contribution in [2.24, 2.45) is 5.73 Å². The van der Waals surface area contributed by atoms with Crippen LogP contribution in [0.4, 0.5) is 0 Å². The van der Waals surface area contributed by atoms with E-state index < -0.39 is 9.84 Å². The van der Waals surface area contributed by atoms with Gasteiger partial charge in [-0.1, -0.05) is 13.8 Å². The molecular formula is C12H26N2O3S. The van der Waals surface area contributed by atoms with Crippen molar-refractivity contribution < 1.29 is 13.2 Å². The minimum atomic E-state index is -3.28. The number of hydrogen-bond acceptors (Lipinski definition) is 4. The third-order valence-electron chi connectivity index (χ3n) is 2.59. The number of unbranched alkanes of at least 4 members (excludes halogenated alkanes) is 1. The van der Waals surface area contributed by atoms with Crippen molar-refractivity contribution in [2.45, 2.75) is 39.5 Å². The Balaban J connectivity index is 4.32. The SMILES string of the molecule is CCCN(CCC)C(=O)CS(=O)(=O)CCCCN. The van der Waals surface area contributed by atoms with Gasteiger partial charge >= 0.3 is 0 Å². The van der Waals surface area contributed by atoms with Crippen LogP contribution in [0.15, 0.2) is 0 Å². The number of sulfone groups is 1. The second-order valence-corrected chi connectivity index (χ2v) is 6.65. The summed E-state index contributed by atoms with van der Waals surface area (Å²) in [7, 11) is -3.28. The molecule has 0 heterocycles. The van der Waals surface area contributed by atoms with E-state index in [0.29, 0.717) is 32.5 Å². The summed E-state index contributed by atoms with van der Waals surface area (Å²) in [4.78, 5) is 13.5. The van der Waals surface area contributed by atoms with Crippen LogP contribution in [-0.4, -0.2) is 50.4 Å². The van der Waals surface area contributed by atoms with Crippen LogP contribution in [0.1, 0.15) is 39.5 Å². The fourth-order valence-electron chi connectivity index (χ4n) is 1.72. The molecule has 0 aromatic heterocycles. The van der Waals surface area contributed by atoms with Gasteiger partial charge in [0.25, 0.3) is 0 Å². The van der Waals surface area contributed by atoms with Gasteiger partial charge in [0, 0.05) is 13.1 Å². The van der Waals surface area contributed by atoms with Gasteiger partial charge in [-0.2, -0.15) is 0 Å². The molecule has 0 aliphatic rings. The molecule has 1 amide bonds. The molecule has 108 valence electrons. The number of hydrogen-bond donors (Lipinski definition) is 1. The number of nitrogens with two attached hydrogens (primary N) is 1. The van der Waals surface area contributed by atoms with E-state index in [1.54, 1.807) is 4.90 Å². The molecule has 2 N–H and O–H groups in total. The Kier molecular flexibility index (Phi) is 9.01. The van der Waals surface area contributed by atoms with Crippen LogP contribution in [0.2, 0.25) is 0 Å². The van der Waals surface area contributed by atoms with Gasteiger partial charge in [-0.05, 0) is 32.2 Å². The maximum Gasteiger partial charge on any atom is 0.237 e. The van der Waals surface area contributed by atoms with Crippen molar-refractivity contribution in [3.05, 3.63) is 0 Å². The summed E-state index contributed by atoms with van der Waals surface area (Å²) in [5.74, 6) is -0.578. The third-order valence-corrected chi connectivity index (χ3v) is 4.19. The predicted octanol–water partition coefficient (Wildman–Crippen LogP) is 0.789. The second-order valence-electron chi connectivity index (χ2n) is 4.47. The Morgan fingerprint density at radius 2 is 1.67 bits per heavy atom. The van der Waals surface area contributed by atoms with Crippen LogP contribution in [0.5, 0.6) is 0 Å². The number of carbonyl (C=O) groups excluding carboxylic acids is 1. The summed E-state index contributed by atoms with van der Waals surface area (Å²) in [5.41, 5.74) is 5.32. The molecule has 0 aromatic carbocycles. The zero-order valence-electron chi connectivity index (χ0n) is 11.5. The van der Waals surface area contributed by atoms with E-state index in [9.17, 15) is 13.2 Å². The number of rotatable bonds is 10. The van der Waals surface area contributed by atoms with Gasteiger partial charge in [-0.25, -0.2) is 8.42 Å². The molecule has 0 radical (unpaired) electrons. The molecule has 0 aromatic rings. The first kappa shape index (κ1) is 17.4. The van der Waals surface area contributed by atoms with Gasteiger partial charge in [-0.15, -0.1) is 0 Å². The molecule has 0 saturated carbocycles. The molecule has 0 unspecified atom stereocenters. The molecule has 0 bridgehead atoms. The molecule has 0 aliphatic heterocycles. The van der Waals surface area contributed by atoms with Crippen LogP contribution >= 0.6 is 0 Å². The maximum absolute atomic E-state index is 11.9. The first-order valence-electron chi connectivity index (χ1n) is 6.65. The topological polar surface area (TPSA) is 80.5 Å². The first-order chi connectivity index (χ1) is 8.46. The molecule has 0 atom stereocenters. The van der Waals surface area contributed by atoms with Gasteiger partial charge in [-0.3, -0.25) is 4.79 Å². The van der Waals surface area contributed by atoms with Crippen LogP contribution in [0.3, 0.4) is 0 Å². The molecule has 0 spiro atoms. The van der Waals surface area contributed by atoms with E-state index in [0.717, 1.165) is 12.8 Å². The minimum Gasteiger partial charge on any atom is -0.342 e. The van der Waals surface area contributed by atoms with Crippen molar-refractivity contribution in [3.63, 3.8) is 0 Å². The molecule has 0 saturated heterocycles. The van der Waals surface area contributed by atoms with Crippen molar-refractivity contribution in [1.29, 1.82) is 0 Å². The lowest BCUT2D eigenvalue weighted by atomic mass is 10.3. The fraction of sp³-hybridized carbons (Fsp3) is 0.917. The van der Waals surface area contributed by atoms with Crippen LogP contribution in [-0.2, 0) is 14.6 Å². The Bertz CT molecular complexity index is 322. The predicted molar refractivity (Wildman–Crippen MR) is 74.1 cm³/mol. The fourth-order valence-corrected chi connectivity index (χ4v) is 3.07. The van der Waals surface area contributed by atoms with Crippen LogP contribution in [0.25, 0.3) is 0 Å². The highest BCUT2D eigenvalue weighted by molar-refractivity contribution is 7.92. The lowest BCUT2D eigenvalue weighted by molar-refractivity contribution is -0.128. The molecular weight excluding hydrogens is 252 g/mol. The van der Waals surface area contributed by atoms with E-state index in [1.165, 1.54) is 0 Å². The highest BCUT2D eigenvalue weighted by atomic mass is 32.2. The summed E-state index contributed by atoms with van der Waals surface area (Å²) < 4.78 is 23.5. The van der Waals surface area contributed by atoms with Crippen molar-refractivity contribution >= 4 is 15.7 Å². The van der Waals surface area contributed by atoms with E-state index in [4.69, 9.17) is 5.73 Å². The zero-order chi connectivity index (χ0) is 14.0. The van der Waals surface area contributed by atoms with Gasteiger partial charge < -0.3 is 10.6 Å². The van der Waals surface area contributed by atoms with E-state index in [1.807, 2.05) is 13.8 Å². The normalized spacial score (nSPS) is 11.5. The second kappa shape index (κ2) is 9.33. The van der Waals surface area contributed by atoms with Crippen LogP contribution < -0.4 is 5.73 Å². The molecule has 0 fully saturated rings. The van der Waals surface area contributed by atoms with Gasteiger partial charge in [0.05, 0.1) is 5.75 Å². The summed E-state index contributed by atoms with van der Waals surface area (Å²) in [6, 6.07) is 0. The van der Waals surface area contributed by atoms with Crippen molar-refractivity contribution in [1.82, 2.24) is 4.90 Å². The van der Waals surface area contributed by atoms with E-state index in [2.05, 4.69) is 0 Å². The molecule has 0 rings (SSSR count). The summed E-state index contributed by atoms with van der Waals surface area (Å²) in [6.45, 7) is 5.70. The highest BCUT2D eigenvalue weighted by Gasteiger charge is 2.20. The summed E-state index contributed by atoms with van der Waals surface area (Å²) in [5, 5.41) is 0. The van der Waals surface area contributed by atoms with E-state index in [-0.39, 0.29) is 17.4 Å². The number of carbonyl (C=O) groups is 1. The lowest BCUT2D eigenvalue weighted by Gasteiger charge is -2.21. The standard InChI is InChI=1S/C12H26N2O3S/c1-3-8-14(9-4-2)12(15)11-18(16,17)10-6-5-7-13/h3-11,13H2,1-2H3. The Hall–Kier alpha value is -0.620. The lowest BCUT2D eigenvalue weighted by Crippen LogP contribution is -2.37. The Morgan fingerprint density at radius 1 is 1.11 bits per heavy atom. The van der Waals surface area contributed by atoms with Gasteiger partial charge in [0.2, 0.25) is 5.91 Å². The number of nitrogens with zero attached hydrogens (tertiary/aromatic N) is 1. The summed E-state index contributed by atoms with van der Waals surface area (Å²) >= 11 is 0. The molecule has 18 heavy (non-hydrogen) atoms. The summed E-state index contributed by atoms with van der Waals surface area (Å²) in [6.07, 6.45) is 2.91. The smallest absolute Gasteiger partial charge is 0.237 e. The third kappa shape index (κ3) is 7.66.